The van der Waals surface area contributed by atoms with Crippen molar-refractivity contribution in [1.29, 1.82) is 0 Å². The van der Waals surface area contributed by atoms with Crippen molar-refractivity contribution in [2.24, 2.45) is 11.0 Å². The zero-order valence-corrected chi connectivity index (χ0v) is 16.5. The summed E-state index contributed by atoms with van der Waals surface area (Å²) in [6.45, 7) is 2.22. The van der Waals surface area contributed by atoms with Gasteiger partial charge in [0.25, 0.3) is 5.91 Å². The third kappa shape index (κ3) is 3.92. The van der Waals surface area contributed by atoms with Gasteiger partial charge in [0, 0.05) is 21.7 Å². The average Bonchev–Trinajstić information content (AvgIpc) is 2.71. The Balaban J connectivity index is 1.72. The number of amides is 1. The van der Waals surface area contributed by atoms with E-state index in [1.807, 2.05) is 48.5 Å². The van der Waals surface area contributed by atoms with Gasteiger partial charge in [-0.2, -0.15) is 5.10 Å². The van der Waals surface area contributed by atoms with E-state index in [1.165, 1.54) is 6.42 Å². The number of benzene rings is 2. The number of carbonyl (C=O) groups excluding carboxylic acids is 1. The molecule has 142 valence electrons. The van der Waals surface area contributed by atoms with E-state index in [1.54, 1.807) is 6.07 Å². The van der Waals surface area contributed by atoms with Crippen LogP contribution < -0.4 is 5.43 Å². The van der Waals surface area contributed by atoms with Crippen LogP contribution in [-0.4, -0.2) is 16.6 Å². The normalized spacial score (nSPS) is 18.4. The molecule has 0 aliphatic heterocycles. The van der Waals surface area contributed by atoms with Crippen molar-refractivity contribution in [2.45, 2.75) is 32.6 Å². The SMILES string of the molecule is C[C@H]1CCC/C(=N/NC(=O)c2cc(-c3ccccc3Cl)nc3ccccc23)C1. The van der Waals surface area contributed by atoms with Crippen LogP contribution in [0.1, 0.15) is 43.0 Å². The van der Waals surface area contributed by atoms with Gasteiger partial charge in [0.15, 0.2) is 0 Å². The van der Waals surface area contributed by atoms with Gasteiger partial charge in [-0.1, -0.05) is 54.9 Å². The zero-order chi connectivity index (χ0) is 19.5. The molecule has 1 aliphatic carbocycles. The van der Waals surface area contributed by atoms with E-state index in [-0.39, 0.29) is 5.91 Å². The molecule has 1 atom stereocenters. The molecule has 1 N–H and O–H groups in total. The van der Waals surface area contributed by atoms with E-state index in [9.17, 15) is 4.79 Å². The Morgan fingerprint density at radius 2 is 1.96 bits per heavy atom. The molecular weight excluding hydrogens is 370 g/mol. The van der Waals surface area contributed by atoms with Gasteiger partial charge in [0.2, 0.25) is 0 Å². The highest BCUT2D eigenvalue weighted by molar-refractivity contribution is 6.33. The van der Waals surface area contributed by atoms with Gasteiger partial charge >= 0.3 is 0 Å². The lowest BCUT2D eigenvalue weighted by atomic mass is 9.89. The van der Waals surface area contributed by atoms with Crippen LogP contribution in [0, 0.1) is 5.92 Å². The van der Waals surface area contributed by atoms with Crippen LogP contribution >= 0.6 is 11.6 Å². The lowest BCUT2D eigenvalue weighted by Crippen LogP contribution is -2.22. The van der Waals surface area contributed by atoms with Crippen molar-refractivity contribution in [1.82, 2.24) is 10.4 Å². The molecule has 1 amide bonds. The van der Waals surface area contributed by atoms with Crippen molar-refractivity contribution in [3.63, 3.8) is 0 Å². The number of hydrogen-bond donors (Lipinski definition) is 1. The largest absolute Gasteiger partial charge is 0.272 e. The fourth-order valence-electron chi connectivity index (χ4n) is 3.72. The third-order valence-corrected chi connectivity index (χ3v) is 5.50. The van der Waals surface area contributed by atoms with Gasteiger partial charge in [0.1, 0.15) is 0 Å². The van der Waals surface area contributed by atoms with Crippen LogP contribution in [0.25, 0.3) is 22.2 Å². The molecule has 1 heterocycles. The predicted molar refractivity (Wildman–Crippen MR) is 115 cm³/mol. The van der Waals surface area contributed by atoms with Crippen LogP contribution in [0.2, 0.25) is 5.02 Å². The number of nitrogens with zero attached hydrogens (tertiary/aromatic N) is 2. The van der Waals surface area contributed by atoms with E-state index in [0.29, 0.717) is 22.2 Å². The molecule has 3 aromatic rings. The van der Waals surface area contributed by atoms with Crippen LogP contribution in [0.4, 0.5) is 0 Å². The second-order valence-electron chi connectivity index (χ2n) is 7.37. The minimum atomic E-state index is -0.224. The van der Waals surface area contributed by atoms with Crippen LogP contribution in [0.5, 0.6) is 0 Å². The minimum absolute atomic E-state index is 0.224. The highest BCUT2D eigenvalue weighted by atomic mass is 35.5. The van der Waals surface area contributed by atoms with Gasteiger partial charge in [0.05, 0.1) is 16.8 Å². The maximum absolute atomic E-state index is 13.0. The van der Waals surface area contributed by atoms with E-state index < -0.39 is 0 Å². The van der Waals surface area contributed by atoms with Crippen molar-refractivity contribution in [3.8, 4) is 11.3 Å². The monoisotopic (exact) mass is 391 g/mol. The molecule has 0 bridgehead atoms. The average molecular weight is 392 g/mol. The summed E-state index contributed by atoms with van der Waals surface area (Å²) in [4.78, 5) is 17.7. The summed E-state index contributed by atoms with van der Waals surface area (Å²) in [7, 11) is 0. The smallest absolute Gasteiger partial charge is 0.267 e. The molecule has 1 fully saturated rings. The molecular formula is C23H22ClN3O. The lowest BCUT2D eigenvalue weighted by Gasteiger charge is -2.19. The number of pyridine rings is 1. The standard InChI is InChI=1S/C23H22ClN3O/c1-15-7-6-8-16(13-15)26-27-23(28)19-14-22(18-10-2-4-11-20(18)24)25-21-12-5-3-9-17(19)21/h2-5,9-12,14-15H,6-8,13H2,1H3,(H,27,28)/b26-16-/t15-/m0/s1. The Kier molecular flexibility index (Phi) is 5.40. The topological polar surface area (TPSA) is 54.4 Å². The maximum atomic E-state index is 13.0. The summed E-state index contributed by atoms with van der Waals surface area (Å²) < 4.78 is 0. The number of rotatable bonds is 3. The van der Waals surface area contributed by atoms with Crippen molar-refractivity contribution in [2.75, 3.05) is 0 Å². The Morgan fingerprint density at radius 3 is 2.79 bits per heavy atom. The van der Waals surface area contributed by atoms with E-state index in [2.05, 4.69) is 17.5 Å². The number of halogens is 1. The van der Waals surface area contributed by atoms with E-state index in [0.717, 1.165) is 41.4 Å². The summed E-state index contributed by atoms with van der Waals surface area (Å²) >= 11 is 6.36. The number of hydrogen-bond acceptors (Lipinski definition) is 3. The molecule has 0 radical (unpaired) electrons. The van der Waals surface area contributed by atoms with Gasteiger partial charge in [-0.3, -0.25) is 4.79 Å². The highest BCUT2D eigenvalue weighted by Crippen LogP contribution is 2.29. The fraction of sp³-hybridized carbons (Fsp3) is 0.261. The molecule has 5 heteroatoms. The molecule has 28 heavy (non-hydrogen) atoms. The number of nitrogens with one attached hydrogen (secondary N) is 1. The molecule has 0 spiro atoms. The van der Waals surface area contributed by atoms with Crippen LogP contribution in [0.15, 0.2) is 59.7 Å². The molecule has 4 nitrogen and oxygen atoms in total. The summed E-state index contributed by atoms with van der Waals surface area (Å²) in [5, 5.41) is 5.81. The highest BCUT2D eigenvalue weighted by Gasteiger charge is 2.17. The second kappa shape index (κ2) is 8.11. The first-order valence-corrected chi connectivity index (χ1v) is 10.00. The van der Waals surface area contributed by atoms with Crippen molar-refractivity contribution < 1.29 is 4.79 Å². The minimum Gasteiger partial charge on any atom is -0.267 e. The van der Waals surface area contributed by atoms with Gasteiger partial charge in [-0.05, 0) is 49.8 Å². The molecule has 1 saturated carbocycles. The first-order chi connectivity index (χ1) is 13.6. The molecule has 1 aliphatic rings. The molecule has 0 unspecified atom stereocenters. The summed E-state index contributed by atoms with van der Waals surface area (Å²) in [5.41, 5.74) is 6.61. The molecule has 1 aromatic heterocycles. The van der Waals surface area contributed by atoms with Crippen LogP contribution in [0.3, 0.4) is 0 Å². The number of para-hydroxylation sites is 1. The second-order valence-corrected chi connectivity index (χ2v) is 7.78. The van der Waals surface area contributed by atoms with E-state index in [4.69, 9.17) is 16.6 Å². The molecule has 2 aromatic carbocycles. The predicted octanol–water partition coefficient (Wildman–Crippen LogP) is 5.85. The fourth-order valence-corrected chi connectivity index (χ4v) is 3.96. The maximum Gasteiger partial charge on any atom is 0.272 e. The first-order valence-electron chi connectivity index (χ1n) is 9.62. The summed E-state index contributed by atoms with van der Waals surface area (Å²) in [6, 6.07) is 16.9. The number of aromatic nitrogens is 1. The van der Waals surface area contributed by atoms with Gasteiger partial charge < -0.3 is 0 Å². The molecule has 4 rings (SSSR count). The van der Waals surface area contributed by atoms with E-state index >= 15 is 0 Å². The van der Waals surface area contributed by atoms with Gasteiger partial charge in [-0.15, -0.1) is 0 Å². The third-order valence-electron chi connectivity index (χ3n) is 5.17. The van der Waals surface area contributed by atoms with Crippen molar-refractivity contribution in [3.05, 3.63) is 65.2 Å². The van der Waals surface area contributed by atoms with Crippen LogP contribution in [-0.2, 0) is 0 Å². The Labute approximate surface area is 169 Å². The van der Waals surface area contributed by atoms with Gasteiger partial charge in [-0.25, -0.2) is 10.4 Å². The number of hydrazone groups is 1. The summed E-state index contributed by atoms with van der Waals surface area (Å²) in [6.07, 6.45) is 4.25. The Morgan fingerprint density at radius 1 is 1.18 bits per heavy atom. The Bertz CT molecular complexity index is 1060. The quantitative estimate of drug-likeness (QED) is 0.569. The van der Waals surface area contributed by atoms with Crippen molar-refractivity contribution >= 4 is 34.1 Å². The number of fused-ring (bicyclic) bond motifs is 1. The zero-order valence-electron chi connectivity index (χ0n) is 15.8. The lowest BCUT2D eigenvalue weighted by molar-refractivity contribution is 0.0956. The Hall–Kier alpha value is -2.72. The first kappa shape index (κ1) is 18.6. The number of carbonyl (C=O) groups is 1. The molecule has 0 saturated heterocycles. The summed E-state index contributed by atoms with van der Waals surface area (Å²) in [5.74, 6) is 0.399.